The summed E-state index contributed by atoms with van der Waals surface area (Å²) in [5.41, 5.74) is 0.660. The molecule has 1 atom stereocenters. The summed E-state index contributed by atoms with van der Waals surface area (Å²) in [5, 5.41) is 18.8. The van der Waals surface area contributed by atoms with Crippen molar-refractivity contribution in [1.82, 2.24) is 30.2 Å². The molecule has 1 aliphatic heterocycles. The van der Waals surface area contributed by atoms with Crippen molar-refractivity contribution in [2.24, 2.45) is 0 Å². The number of hydrogen-bond acceptors (Lipinski definition) is 6. The van der Waals surface area contributed by atoms with Gasteiger partial charge in [-0.25, -0.2) is 0 Å². The van der Waals surface area contributed by atoms with Gasteiger partial charge in [0.2, 0.25) is 0 Å². The predicted molar refractivity (Wildman–Crippen MR) is 67.3 cm³/mol. The second kappa shape index (κ2) is 4.85. The molecule has 0 amide bonds. The quantitative estimate of drug-likeness (QED) is 0.844. The van der Waals surface area contributed by atoms with Gasteiger partial charge in [0.1, 0.15) is 5.82 Å². The summed E-state index contributed by atoms with van der Waals surface area (Å²) in [4.78, 5) is 2.50. The number of nitrogens with one attached hydrogen (secondary N) is 1. The van der Waals surface area contributed by atoms with Crippen LogP contribution in [0.15, 0.2) is 12.1 Å². The van der Waals surface area contributed by atoms with Crippen LogP contribution in [0.25, 0.3) is 5.65 Å². The monoisotopic (exact) mass is 247 g/mol. The molecule has 7 heteroatoms. The molecule has 0 bridgehead atoms. The molecular weight excluding hydrogens is 230 g/mol. The molecule has 7 nitrogen and oxygen atoms in total. The number of nitrogens with zero attached hydrogens (tertiary/aromatic N) is 6. The molecule has 0 aliphatic carbocycles. The Labute approximate surface area is 105 Å². The lowest BCUT2D eigenvalue weighted by atomic mass is 10.3. The van der Waals surface area contributed by atoms with Crippen LogP contribution in [0.1, 0.15) is 19.8 Å². The summed E-state index contributed by atoms with van der Waals surface area (Å²) >= 11 is 0. The first kappa shape index (κ1) is 11.3. The first-order valence-electron chi connectivity index (χ1n) is 6.36. The maximum Gasteiger partial charge on any atom is 0.200 e. The van der Waals surface area contributed by atoms with E-state index in [1.807, 2.05) is 12.1 Å². The van der Waals surface area contributed by atoms with Crippen LogP contribution < -0.4 is 5.32 Å². The van der Waals surface area contributed by atoms with Crippen LogP contribution in [-0.4, -0.2) is 55.8 Å². The van der Waals surface area contributed by atoms with E-state index >= 15 is 0 Å². The number of aromatic nitrogens is 5. The molecule has 2 aromatic heterocycles. The average Bonchev–Trinajstić information content (AvgIpc) is 3.05. The van der Waals surface area contributed by atoms with Crippen molar-refractivity contribution in [3.63, 3.8) is 0 Å². The highest BCUT2D eigenvalue weighted by molar-refractivity contribution is 5.42. The Morgan fingerprint density at radius 2 is 2.17 bits per heavy atom. The Kier molecular flexibility index (Phi) is 3.06. The topological polar surface area (TPSA) is 71.2 Å². The highest BCUT2D eigenvalue weighted by Gasteiger charge is 2.17. The van der Waals surface area contributed by atoms with Crippen LogP contribution in [0, 0.1) is 0 Å². The Hall–Kier alpha value is -1.76. The molecule has 2 aromatic rings. The van der Waals surface area contributed by atoms with E-state index in [0.29, 0.717) is 11.7 Å². The first-order valence-corrected chi connectivity index (χ1v) is 6.36. The highest BCUT2D eigenvalue weighted by atomic mass is 15.6. The molecule has 1 aliphatic rings. The van der Waals surface area contributed by atoms with Crippen molar-refractivity contribution in [2.45, 2.75) is 25.8 Å². The lowest BCUT2D eigenvalue weighted by molar-refractivity contribution is 0.269. The summed E-state index contributed by atoms with van der Waals surface area (Å²) in [6.07, 6.45) is 2.64. The minimum absolute atomic E-state index is 0.527. The Balaban J connectivity index is 1.61. The van der Waals surface area contributed by atoms with Gasteiger partial charge in [0.05, 0.1) is 0 Å². The zero-order valence-electron chi connectivity index (χ0n) is 10.5. The number of likely N-dealkylation sites (tertiary alicyclic amines) is 1. The number of tetrazole rings is 1. The third-order valence-corrected chi connectivity index (χ3v) is 3.41. The van der Waals surface area contributed by atoms with Gasteiger partial charge in [-0.2, -0.15) is 0 Å². The number of anilines is 1. The molecule has 1 N–H and O–H groups in total. The van der Waals surface area contributed by atoms with Crippen LogP contribution >= 0.6 is 0 Å². The molecule has 18 heavy (non-hydrogen) atoms. The Bertz CT molecular complexity index is 517. The van der Waals surface area contributed by atoms with Gasteiger partial charge < -0.3 is 5.32 Å². The van der Waals surface area contributed by atoms with Crippen molar-refractivity contribution < 1.29 is 0 Å². The smallest absolute Gasteiger partial charge is 0.200 e. The molecule has 3 heterocycles. The largest absolute Gasteiger partial charge is 0.367 e. The predicted octanol–water partition coefficient (Wildman–Crippen LogP) is 0.415. The summed E-state index contributed by atoms with van der Waals surface area (Å²) in [6, 6.07) is 4.29. The van der Waals surface area contributed by atoms with Gasteiger partial charge in [-0.1, -0.05) is 0 Å². The lowest BCUT2D eigenvalue weighted by Crippen LogP contribution is -2.35. The third-order valence-electron chi connectivity index (χ3n) is 3.41. The molecular formula is C11H17N7. The number of rotatable bonds is 4. The van der Waals surface area contributed by atoms with Gasteiger partial charge in [0.25, 0.3) is 0 Å². The molecule has 1 fully saturated rings. The molecule has 1 unspecified atom stereocenters. The molecule has 96 valence electrons. The fraction of sp³-hybridized carbons (Fsp3) is 0.636. The second-order valence-electron chi connectivity index (χ2n) is 4.72. The lowest BCUT2D eigenvalue weighted by Gasteiger charge is -2.23. The Morgan fingerprint density at radius 1 is 1.33 bits per heavy atom. The third kappa shape index (κ3) is 2.26. The molecule has 1 saturated heterocycles. The minimum Gasteiger partial charge on any atom is -0.367 e. The summed E-state index contributed by atoms with van der Waals surface area (Å²) in [7, 11) is 0. The van der Waals surface area contributed by atoms with E-state index in [1.165, 1.54) is 30.6 Å². The molecule has 0 saturated carbocycles. The minimum atomic E-state index is 0.527. The maximum atomic E-state index is 4.28. The highest BCUT2D eigenvalue weighted by Crippen LogP contribution is 2.12. The average molecular weight is 247 g/mol. The van der Waals surface area contributed by atoms with E-state index in [4.69, 9.17) is 0 Å². The van der Waals surface area contributed by atoms with Crippen LogP contribution in [0.5, 0.6) is 0 Å². The summed E-state index contributed by atoms with van der Waals surface area (Å²) in [5.74, 6) is 0.806. The van der Waals surface area contributed by atoms with E-state index in [2.05, 4.69) is 37.8 Å². The van der Waals surface area contributed by atoms with E-state index in [1.54, 1.807) is 0 Å². The van der Waals surface area contributed by atoms with Crippen molar-refractivity contribution in [2.75, 3.05) is 25.0 Å². The van der Waals surface area contributed by atoms with E-state index in [9.17, 15) is 0 Å². The van der Waals surface area contributed by atoms with Crippen molar-refractivity contribution in [3.05, 3.63) is 12.1 Å². The maximum absolute atomic E-state index is 4.28. The van der Waals surface area contributed by atoms with Gasteiger partial charge in [0, 0.05) is 12.6 Å². The fourth-order valence-corrected chi connectivity index (χ4v) is 2.31. The summed E-state index contributed by atoms with van der Waals surface area (Å²) < 4.78 is 1.43. The summed E-state index contributed by atoms with van der Waals surface area (Å²) in [6.45, 7) is 5.55. The van der Waals surface area contributed by atoms with Crippen molar-refractivity contribution in [1.29, 1.82) is 0 Å². The zero-order valence-corrected chi connectivity index (χ0v) is 10.5. The van der Waals surface area contributed by atoms with Crippen molar-refractivity contribution in [3.8, 4) is 0 Å². The van der Waals surface area contributed by atoms with Gasteiger partial charge in [0.15, 0.2) is 5.65 Å². The molecule has 3 rings (SSSR count). The molecule has 0 spiro atoms. The standard InChI is InChI=1S/C11H17N7/c1-9(17-6-2-3-7-17)8-12-10-4-5-11-13-15-16-18(11)14-10/h4-5,9H,2-3,6-8H2,1H3,(H,12,14). The van der Waals surface area contributed by atoms with Crippen LogP contribution in [0.4, 0.5) is 5.82 Å². The normalized spacial score (nSPS) is 18.3. The van der Waals surface area contributed by atoms with E-state index in [0.717, 1.165) is 12.4 Å². The molecule has 0 aromatic carbocycles. The SMILES string of the molecule is CC(CNc1ccc2nnnn2n1)N1CCCC1. The van der Waals surface area contributed by atoms with Gasteiger partial charge in [-0.3, -0.25) is 4.90 Å². The second-order valence-corrected chi connectivity index (χ2v) is 4.72. The number of fused-ring (bicyclic) bond motifs is 1. The van der Waals surface area contributed by atoms with Crippen LogP contribution in [0.3, 0.4) is 0 Å². The molecule has 0 radical (unpaired) electrons. The first-order chi connectivity index (χ1) is 8.83. The zero-order chi connectivity index (χ0) is 12.4. The van der Waals surface area contributed by atoms with Crippen molar-refractivity contribution >= 4 is 11.5 Å². The van der Waals surface area contributed by atoms with Crippen LogP contribution in [0.2, 0.25) is 0 Å². The van der Waals surface area contributed by atoms with Gasteiger partial charge >= 0.3 is 0 Å². The van der Waals surface area contributed by atoms with Gasteiger partial charge in [-0.05, 0) is 55.4 Å². The Morgan fingerprint density at radius 3 is 3.00 bits per heavy atom. The van der Waals surface area contributed by atoms with E-state index < -0.39 is 0 Å². The van der Waals surface area contributed by atoms with Crippen LogP contribution in [-0.2, 0) is 0 Å². The number of hydrogen-bond donors (Lipinski definition) is 1. The van der Waals surface area contributed by atoms with E-state index in [-0.39, 0.29) is 0 Å². The fourth-order valence-electron chi connectivity index (χ4n) is 2.31. The van der Waals surface area contributed by atoms with Gasteiger partial charge in [-0.15, -0.1) is 14.8 Å².